The standard InChI is InChI=1S/C18H29N3O6/c1-10(2)21-14(22)8-12(16(21)24)19-15(23)13-7-11(26-6)9-20(13)17(25)27-18(3,4)5/h10-13H,7-9H2,1-6H3,(H,19,23)/t11-,12?,13+/m0/s1. The van der Waals surface area contributed by atoms with Gasteiger partial charge in [0.25, 0.3) is 5.91 Å². The van der Waals surface area contributed by atoms with Gasteiger partial charge in [0.05, 0.1) is 19.1 Å². The molecule has 3 atom stereocenters. The van der Waals surface area contributed by atoms with Crippen molar-refractivity contribution in [1.82, 2.24) is 15.1 Å². The minimum Gasteiger partial charge on any atom is -0.444 e. The molecule has 0 aromatic heterocycles. The van der Waals surface area contributed by atoms with Gasteiger partial charge in [-0.25, -0.2) is 4.79 Å². The van der Waals surface area contributed by atoms with E-state index in [0.29, 0.717) is 6.42 Å². The SMILES string of the molecule is CO[C@H]1C[C@H](C(=O)NC2CC(=O)N(C(C)C)C2=O)N(C(=O)OC(C)(C)C)C1. The van der Waals surface area contributed by atoms with Crippen LogP contribution in [0, 0.1) is 0 Å². The Kier molecular flexibility index (Phi) is 6.14. The molecule has 0 aromatic rings. The first-order valence-corrected chi connectivity index (χ1v) is 9.13. The highest BCUT2D eigenvalue weighted by Crippen LogP contribution is 2.24. The van der Waals surface area contributed by atoms with Gasteiger partial charge in [0.1, 0.15) is 17.7 Å². The number of carbonyl (C=O) groups is 4. The summed E-state index contributed by atoms with van der Waals surface area (Å²) in [6, 6.07) is -2.00. The second-order valence-electron chi connectivity index (χ2n) is 8.20. The third kappa shape index (κ3) is 4.77. The summed E-state index contributed by atoms with van der Waals surface area (Å²) in [7, 11) is 1.51. The van der Waals surface area contributed by atoms with E-state index in [9.17, 15) is 19.2 Å². The van der Waals surface area contributed by atoms with Crippen molar-refractivity contribution in [3.63, 3.8) is 0 Å². The van der Waals surface area contributed by atoms with Crippen LogP contribution in [0.25, 0.3) is 0 Å². The number of nitrogens with zero attached hydrogens (tertiary/aromatic N) is 2. The van der Waals surface area contributed by atoms with Crippen molar-refractivity contribution in [2.24, 2.45) is 0 Å². The van der Waals surface area contributed by atoms with Crippen LogP contribution in [0.3, 0.4) is 0 Å². The maximum Gasteiger partial charge on any atom is 0.411 e. The fourth-order valence-corrected chi connectivity index (χ4v) is 3.31. The lowest BCUT2D eigenvalue weighted by Gasteiger charge is -2.28. The second kappa shape index (κ2) is 7.84. The first kappa shape index (κ1) is 21.1. The molecular weight excluding hydrogens is 354 g/mol. The lowest BCUT2D eigenvalue weighted by atomic mass is 10.1. The fourth-order valence-electron chi connectivity index (χ4n) is 3.31. The number of hydrogen-bond acceptors (Lipinski definition) is 6. The second-order valence-corrected chi connectivity index (χ2v) is 8.20. The highest BCUT2D eigenvalue weighted by Gasteiger charge is 2.45. The van der Waals surface area contributed by atoms with Crippen LogP contribution in [-0.4, -0.2) is 77.1 Å². The molecule has 152 valence electrons. The lowest BCUT2D eigenvalue weighted by molar-refractivity contribution is -0.141. The topological polar surface area (TPSA) is 105 Å². The molecule has 0 saturated carbocycles. The Morgan fingerprint density at radius 3 is 2.33 bits per heavy atom. The monoisotopic (exact) mass is 383 g/mol. The average Bonchev–Trinajstić information content (AvgIpc) is 3.07. The van der Waals surface area contributed by atoms with Gasteiger partial charge in [-0.3, -0.25) is 24.2 Å². The Bertz CT molecular complexity index is 627. The maximum atomic E-state index is 12.8. The molecule has 2 saturated heterocycles. The summed E-state index contributed by atoms with van der Waals surface area (Å²) >= 11 is 0. The number of rotatable bonds is 4. The zero-order valence-corrected chi connectivity index (χ0v) is 16.8. The van der Waals surface area contributed by atoms with Gasteiger partial charge in [-0.05, 0) is 34.6 Å². The van der Waals surface area contributed by atoms with Crippen LogP contribution in [0.4, 0.5) is 4.79 Å². The van der Waals surface area contributed by atoms with E-state index in [1.165, 1.54) is 12.0 Å². The molecule has 4 amide bonds. The van der Waals surface area contributed by atoms with Gasteiger partial charge in [-0.15, -0.1) is 0 Å². The number of imide groups is 1. The van der Waals surface area contributed by atoms with Crippen molar-refractivity contribution >= 4 is 23.8 Å². The molecule has 9 nitrogen and oxygen atoms in total. The number of ether oxygens (including phenoxy) is 2. The molecule has 2 rings (SSSR count). The van der Waals surface area contributed by atoms with Crippen molar-refractivity contribution in [1.29, 1.82) is 0 Å². The van der Waals surface area contributed by atoms with E-state index in [1.807, 2.05) is 0 Å². The zero-order chi connectivity index (χ0) is 20.5. The molecule has 0 radical (unpaired) electrons. The van der Waals surface area contributed by atoms with Gasteiger partial charge in [0.2, 0.25) is 11.8 Å². The maximum absolute atomic E-state index is 12.8. The van der Waals surface area contributed by atoms with Gasteiger partial charge in [0.15, 0.2) is 0 Å². The van der Waals surface area contributed by atoms with Crippen LogP contribution in [0.5, 0.6) is 0 Å². The minimum absolute atomic E-state index is 0.0738. The summed E-state index contributed by atoms with van der Waals surface area (Å²) in [4.78, 5) is 52.1. The van der Waals surface area contributed by atoms with E-state index in [0.717, 1.165) is 4.90 Å². The summed E-state index contributed by atoms with van der Waals surface area (Å²) in [5, 5.41) is 2.62. The van der Waals surface area contributed by atoms with E-state index in [2.05, 4.69) is 5.32 Å². The number of likely N-dealkylation sites (tertiary alicyclic amines) is 2. The van der Waals surface area contributed by atoms with Gasteiger partial charge in [-0.2, -0.15) is 0 Å². The molecule has 2 aliphatic rings. The van der Waals surface area contributed by atoms with Crippen molar-refractivity contribution in [3.05, 3.63) is 0 Å². The summed E-state index contributed by atoms with van der Waals surface area (Å²) in [6.45, 7) is 8.93. The van der Waals surface area contributed by atoms with Crippen molar-refractivity contribution in [2.75, 3.05) is 13.7 Å². The van der Waals surface area contributed by atoms with Crippen LogP contribution in [0.15, 0.2) is 0 Å². The molecule has 0 aliphatic carbocycles. The molecule has 0 aromatic carbocycles. The largest absolute Gasteiger partial charge is 0.444 e. The van der Waals surface area contributed by atoms with Crippen LogP contribution < -0.4 is 5.32 Å². The molecule has 0 bridgehead atoms. The molecule has 2 fully saturated rings. The minimum atomic E-state index is -0.908. The highest BCUT2D eigenvalue weighted by atomic mass is 16.6. The van der Waals surface area contributed by atoms with Crippen LogP contribution in [-0.2, 0) is 23.9 Å². The third-order valence-electron chi connectivity index (χ3n) is 4.54. The molecule has 9 heteroatoms. The average molecular weight is 383 g/mol. The third-order valence-corrected chi connectivity index (χ3v) is 4.54. The van der Waals surface area contributed by atoms with Crippen molar-refractivity contribution < 1.29 is 28.7 Å². The summed E-state index contributed by atoms with van der Waals surface area (Å²) in [6.07, 6.45) is -0.693. The van der Waals surface area contributed by atoms with Crippen molar-refractivity contribution in [3.8, 4) is 0 Å². The molecule has 2 heterocycles. The van der Waals surface area contributed by atoms with Gasteiger partial charge >= 0.3 is 6.09 Å². The van der Waals surface area contributed by atoms with Gasteiger partial charge in [-0.1, -0.05) is 0 Å². The van der Waals surface area contributed by atoms with E-state index in [-0.39, 0.29) is 31.0 Å². The number of methoxy groups -OCH3 is 1. The number of nitrogens with one attached hydrogen (secondary N) is 1. The number of amides is 4. The van der Waals surface area contributed by atoms with E-state index < -0.39 is 35.6 Å². The lowest BCUT2D eigenvalue weighted by Crippen LogP contribution is -2.51. The Balaban J connectivity index is 2.10. The summed E-state index contributed by atoms with van der Waals surface area (Å²) in [5.41, 5.74) is -0.700. The van der Waals surface area contributed by atoms with Crippen LogP contribution >= 0.6 is 0 Å². The van der Waals surface area contributed by atoms with Crippen LogP contribution in [0.2, 0.25) is 0 Å². The normalized spacial score (nSPS) is 26.1. The molecular formula is C18H29N3O6. The van der Waals surface area contributed by atoms with Gasteiger partial charge < -0.3 is 14.8 Å². The Labute approximate surface area is 159 Å². The summed E-state index contributed by atoms with van der Waals surface area (Å²) < 4.78 is 10.7. The highest BCUT2D eigenvalue weighted by molar-refractivity contribution is 6.07. The predicted molar refractivity (Wildman–Crippen MR) is 95.7 cm³/mol. The zero-order valence-electron chi connectivity index (χ0n) is 16.8. The fraction of sp³-hybridized carbons (Fsp3) is 0.778. The van der Waals surface area contributed by atoms with E-state index in [1.54, 1.807) is 34.6 Å². The molecule has 2 aliphatic heterocycles. The number of hydrogen-bond donors (Lipinski definition) is 1. The van der Waals surface area contributed by atoms with Crippen LogP contribution in [0.1, 0.15) is 47.5 Å². The Morgan fingerprint density at radius 2 is 1.85 bits per heavy atom. The molecule has 1 unspecified atom stereocenters. The molecule has 0 spiro atoms. The van der Waals surface area contributed by atoms with E-state index >= 15 is 0 Å². The first-order chi connectivity index (χ1) is 12.4. The Morgan fingerprint density at radius 1 is 1.22 bits per heavy atom. The van der Waals surface area contributed by atoms with Crippen molar-refractivity contribution in [2.45, 2.75) is 77.3 Å². The smallest absolute Gasteiger partial charge is 0.411 e. The van der Waals surface area contributed by atoms with E-state index in [4.69, 9.17) is 9.47 Å². The quantitative estimate of drug-likeness (QED) is 0.715. The first-order valence-electron chi connectivity index (χ1n) is 9.13. The molecule has 27 heavy (non-hydrogen) atoms. The van der Waals surface area contributed by atoms with Gasteiger partial charge in [0, 0.05) is 19.6 Å². The Hall–Kier alpha value is -2.16. The molecule has 1 N–H and O–H groups in total. The predicted octanol–water partition coefficient (Wildman–Crippen LogP) is 0.663. The summed E-state index contributed by atoms with van der Waals surface area (Å²) in [5.74, 6) is -1.23. The number of carbonyl (C=O) groups excluding carboxylic acids is 4.